The molecule has 0 unspecified atom stereocenters. The van der Waals surface area contributed by atoms with Crippen LogP contribution < -0.4 is 0 Å². The van der Waals surface area contributed by atoms with Gasteiger partial charge in [0.05, 0.1) is 5.56 Å². The van der Waals surface area contributed by atoms with E-state index in [2.05, 4.69) is 0 Å². The summed E-state index contributed by atoms with van der Waals surface area (Å²) in [5.41, 5.74) is 1.41. The van der Waals surface area contributed by atoms with Gasteiger partial charge in [-0.2, -0.15) is 0 Å². The lowest BCUT2D eigenvalue weighted by molar-refractivity contribution is -0.135. The lowest BCUT2D eigenvalue weighted by Gasteiger charge is -2.31. The Morgan fingerprint density at radius 2 is 1.43 bits per heavy atom. The van der Waals surface area contributed by atoms with Gasteiger partial charge < -0.3 is 9.64 Å². The van der Waals surface area contributed by atoms with Crippen LogP contribution in [0.1, 0.15) is 58.4 Å². The molecule has 1 saturated carbocycles. The highest BCUT2D eigenvalue weighted by atomic mass is 16.5. The summed E-state index contributed by atoms with van der Waals surface area (Å²) in [5.74, 6) is -0.856. The van der Waals surface area contributed by atoms with Crippen LogP contribution in [0.2, 0.25) is 0 Å². The number of nitrogens with zero attached hydrogens (tertiary/aromatic N) is 1. The number of hydrogen-bond acceptors (Lipinski definition) is 4. The zero-order valence-corrected chi connectivity index (χ0v) is 16.1. The van der Waals surface area contributed by atoms with Gasteiger partial charge in [-0.3, -0.25) is 9.59 Å². The number of rotatable bonds is 6. The first-order valence-corrected chi connectivity index (χ1v) is 9.69. The predicted molar refractivity (Wildman–Crippen MR) is 106 cm³/mol. The van der Waals surface area contributed by atoms with Gasteiger partial charge in [-0.15, -0.1) is 0 Å². The number of benzene rings is 2. The first kappa shape index (κ1) is 19.8. The first-order valence-electron chi connectivity index (χ1n) is 9.69. The molecule has 146 valence electrons. The normalized spacial score (nSPS) is 14.3. The largest absolute Gasteiger partial charge is 0.452 e. The molecule has 0 aromatic heterocycles. The summed E-state index contributed by atoms with van der Waals surface area (Å²) in [7, 11) is 1.77. The molecular weight excluding hydrogens is 354 g/mol. The average Bonchev–Trinajstić information content (AvgIpc) is 2.77. The van der Waals surface area contributed by atoms with Crippen molar-refractivity contribution in [3.8, 4) is 0 Å². The number of esters is 1. The maximum atomic E-state index is 12.4. The highest BCUT2D eigenvalue weighted by Crippen LogP contribution is 2.21. The fourth-order valence-electron chi connectivity index (χ4n) is 3.50. The Morgan fingerprint density at radius 3 is 2.07 bits per heavy atom. The van der Waals surface area contributed by atoms with Gasteiger partial charge in [0.15, 0.2) is 12.4 Å². The summed E-state index contributed by atoms with van der Waals surface area (Å²) in [5, 5.41) is 0. The Balaban J connectivity index is 1.54. The van der Waals surface area contributed by atoms with E-state index in [0.29, 0.717) is 16.7 Å². The monoisotopic (exact) mass is 379 g/mol. The third-order valence-electron chi connectivity index (χ3n) is 5.26. The second-order valence-electron chi connectivity index (χ2n) is 7.15. The van der Waals surface area contributed by atoms with Crippen molar-refractivity contribution in [3.05, 3.63) is 71.3 Å². The molecule has 1 aliphatic rings. The van der Waals surface area contributed by atoms with Crippen LogP contribution in [0.25, 0.3) is 0 Å². The van der Waals surface area contributed by atoms with E-state index in [1.807, 2.05) is 6.07 Å². The van der Waals surface area contributed by atoms with E-state index in [4.69, 9.17) is 4.74 Å². The maximum absolute atomic E-state index is 12.4. The lowest BCUT2D eigenvalue weighted by atomic mass is 9.94. The Kier molecular flexibility index (Phi) is 6.58. The molecular formula is C23H25NO4. The van der Waals surface area contributed by atoms with Crippen LogP contribution in [0.5, 0.6) is 0 Å². The minimum atomic E-state index is -0.566. The van der Waals surface area contributed by atoms with Crippen molar-refractivity contribution in [1.29, 1.82) is 0 Å². The first-order chi connectivity index (χ1) is 13.6. The van der Waals surface area contributed by atoms with E-state index in [1.165, 1.54) is 6.42 Å². The molecule has 28 heavy (non-hydrogen) atoms. The van der Waals surface area contributed by atoms with Crippen LogP contribution in [0.15, 0.2) is 54.6 Å². The van der Waals surface area contributed by atoms with Crippen molar-refractivity contribution in [2.45, 2.75) is 38.1 Å². The molecule has 0 N–H and O–H groups in total. The summed E-state index contributed by atoms with van der Waals surface area (Å²) in [6, 6.07) is 15.5. The molecule has 0 saturated heterocycles. The molecule has 0 radical (unpaired) electrons. The Hall–Kier alpha value is -2.95. The van der Waals surface area contributed by atoms with Gasteiger partial charge in [-0.05, 0) is 25.0 Å². The van der Waals surface area contributed by atoms with Crippen molar-refractivity contribution < 1.29 is 19.1 Å². The molecule has 5 nitrogen and oxygen atoms in total. The third-order valence-corrected chi connectivity index (χ3v) is 5.26. The smallest absolute Gasteiger partial charge is 0.338 e. The Morgan fingerprint density at radius 1 is 0.857 bits per heavy atom. The second-order valence-corrected chi connectivity index (χ2v) is 7.15. The predicted octanol–water partition coefficient (Wildman–Crippen LogP) is 3.87. The molecule has 1 fully saturated rings. The number of likely N-dealkylation sites (N-methyl/N-ethyl adjacent to an activating group) is 1. The van der Waals surface area contributed by atoms with Gasteiger partial charge in [0.25, 0.3) is 5.91 Å². The Bertz CT molecular complexity index is 823. The van der Waals surface area contributed by atoms with E-state index in [9.17, 15) is 14.4 Å². The van der Waals surface area contributed by atoms with Crippen molar-refractivity contribution >= 4 is 17.7 Å². The SMILES string of the molecule is CN(C(=O)COC(=O)c1ccc(C(=O)c2ccccc2)cc1)C1CCCCC1. The molecule has 3 rings (SSSR count). The number of carbonyl (C=O) groups is 3. The van der Waals surface area contributed by atoms with Gasteiger partial charge in [-0.1, -0.05) is 61.7 Å². The molecule has 0 bridgehead atoms. The number of ketones is 1. The average molecular weight is 379 g/mol. The summed E-state index contributed by atoms with van der Waals surface area (Å²) in [6.45, 7) is -0.267. The standard InChI is InChI=1S/C23H25NO4/c1-24(20-10-6-3-7-11-20)21(25)16-28-23(27)19-14-12-18(13-15-19)22(26)17-8-4-2-5-9-17/h2,4-5,8-9,12-15,20H,3,6-7,10-11,16H2,1H3. The maximum Gasteiger partial charge on any atom is 0.338 e. The van der Waals surface area contributed by atoms with Crippen molar-refractivity contribution in [3.63, 3.8) is 0 Å². The van der Waals surface area contributed by atoms with Gasteiger partial charge >= 0.3 is 5.97 Å². The van der Waals surface area contributed by atoms with E-state index in [-0.39, 0.29) is 24.3 Å². The fraction of sp³-hybridized carbons (Fsp3) is 0.348. The summed E-state index contributed by atoms with van der Waals surface area (Å²) in [6.07, 6.45) is 5.50. The molecule has 1 amide bonds. The summed E-state index contributed by atoms with van der Waals surface area (Å²) in [4.78, 5) is 38.6. The van der Waals surface area contributed by atoms with Crippen LogP contribution in [-0.2, 0) is 9.53 Å². The van der Waals surface area contributed by atoms with Crippen LogP contribution in [0.3, 0.4) is 0 Å². The lowest BCUT2D eigenvalue weighted by Crippen LogP contribution is -2.40. The van der Waals surface area contributed by atoms with Crippen LogP contribution in [0.4, 0.5) is 0 Å². The summed E-state index contributed by atoms with van der Waals surface area (Å²) < 4.78 is 5.17. The molecule has 0 heterocycles. The highest BCUT2D eigenvalue weighted by molar-refractivity contribution is 6.09. The summed E-state index contributed by atoms with van der Waals surface area (Å²) >= 11 is 0. The van der Waals surface area contributed by atoms with Gasteiger partial charge in [0, 0.05) is 24.2 Å². The number of hydrogen-bond donors (Lipinski definition) is 0. The van der Waals surface area contributed by atoms with Crippen LogP contribution >= 0.6 is 0 Å². The van der Waals surface area contributed by atoms with Crippen molar-refractivity contribution in [2.24, 2.45) is 0 Å². The van der Waals surface area contributed by atoms with E-state index < -0.39 is 5.97 Å². The van der Waals surface area contributed by atoms with E-state index >= 15 is 0 Å². The number of amides is 1. The van der Waals surface area contributed by atoms with Gasteiger partial charge in [0.1, 0.15) is 0 Å². The minimum Gasteiger partial charge on any atom is -0.452 e. The van der Waals surface area contributed by atoms with Crippen LogP contribution in [-0.4, -0.2) is 42.3 Å². The van der Waals surface area contributed by atoms with E-state index in [1.54, 1.807) is 60.5 Å². The van der Waals surface area contributed by atoms with E-state index in [0.717, 1.165) is 25.7 Å². The van der Waals surface area contributed by atoms with Gasteiger partial charge in [0.2, 0.25) is 0 Å². The molecule has 0 atom stereocenters. The topological polar surface area (TPSA) is 63.7 Å². The van der Waals surface area contributed by atoms with Gasteiger partial charge in [-0.25, -0.2) is 4.79 Å². The number of carbonyl (C=O) groups excluding carboxylic acids is 3. The molecule has 5 heteroatoms. The minimum absolute atomic E-state index is 0.107. The number of ether oxygens (including phenoxy) is 1. The second kappa shape index (κ2) is 9.31. The zero-order chi connectivity index (χ0) is 19.9. The highest BCUT2D eigenvalue weighted by Gasteiger charge is 2.23. The third kappa shape index (κ3) is 4.85. The zero-order valence-electron chi connectivity index (χ0n) is 16.1. The quantitative estimate of drug-likeness (QED) is 0.565. The van der Waals surface area contributed by atoms with Crippen molar-refractivity contribution in [2.75, 3.05) is 13.7 Å². The van der Waals surface area contributed by atoms with Crippen molar-refractivity contribution in [1.82, 2.24) is 4.90 Å². The molecule has 2 aromatic carbocycles. The molecule has 2 aromatic rings. The molecule has 0 spiro atoms. The van der Waals surface area contributed by atoms with Crippen LogP contribution in [0, 0.1) is 0 Å². The molecule has 1 aliphatic carbocycles. The molecule has 0 aliphatic heterocycles. The fourth-order valence-corrected chi connectivity index (χ4v) is 3.50. The Labute approximate surface area is 165 Å².